The lowest BCUT2D eigenvalue weighted by Crippen LogP contribution is -2.44. The van der Waals surface area contributed by atoms with Gasteiger partial charge in [0.2, 0.25) is 0 Å². The highest BCUT2D eigenvalue weighted by atomic mass is 16.5. The van der Waals surface area contributed by atoms with Crippen molar-refractivity contribution in [2.24, 2.45) is 0 Å². The summed E-state index contributed by atoms with van der Waals surface area (Å²) in [5, 5.41) is 3.04. The molecule has 2 fully saturated rings. The zero-order valence-corrected chi connectivity index (χ0v) is 14.2. The molecule has 23 heavy (non-hydrogen) atoms. The SMILES string of the molecule is COc1ccc(NC(=O)N2CCC[C@@H]2CN2CCCC2)cc1C. The van der Waals surface area contributed by atoms with Crippen LogP contribution in [0.25, 0.3) is 0 Å². The van der Waals surface area contributed by atoms with Gasteiger partial charge in [-0.15, -0.1) is 0 Å². The highest BCUT2D eigenvalue weighted by Gasteiger charge is 2.30. The number of amides is 2. The Hall–Kier alpha value is -1.75. The van der Waals surface area contributed by atoms with Crippen LogP contribution >= 0.6 is 0 Å². The summed E-state index contributed by atoms with van der Waals surface area (Å²) >= 11 is 0. The van der Waals surface area contributed by atoms with Gasteiger partial charge in [0.05, 0.1) is 7.11 Å². The topological polar surface area (TPSA) is 44.8 Å². The van der Waals surface area contributed by atoms with Crippen molar-refractivity contribution in [1.29, 1.82) is 0 Å². The van der Waals surface area contributed by atoms with E-state index < -0.39 is 0 Å². The lowest BCUT2D eigenvalue weighted by atomic mass is 10.2. The number of likely N-dealkylation sites (tertiary alicyclic amines) is 2. The van der Waals surface area contributed by atoms with Gasteiger partial charge in [0.1, 0.15) is 5.75 Å². The lowest BCUT2D eigenvalue weighted by molar-refractivity contribution is 0.186. The molecule has 0 bridgehead atoms. The van der Waals surface area contributed by atoms with Crippen LogP contribution < -0.4 is 10.1 Å². The maximum absolute atomic E-state index is 12.6. The number of hydrogen-bond donors (Lipinski definition) is 1. The second kappa shape index (κ2) is 7.21. The number of ether oxygens (including phenoxy) is 1. The summed E-state index contributed by atoms with van der Waals surface area (Å²) in [6, 6.07) is 6.14. The van der Waals surface area contributed by atoms with Crippen LogP contribution in [0.2, 0.25) is 0 Å². The van der Waals surface area contributed by atoms with Crippen molar-refractivity contribution in [2.75, 3.05) is 38.6 Å². The third kappa shape index (κ3) is 3.78. The molecular weight excluding hydrogens is 290 g/mol. The first kappa shape index (κ1) is 16.1. The number of aryl methyl sites for hydroxylation is 1. The van der Waals surface area contributed by atoms with Crippen LogP contribution in [0.1, 0.15) is 31.2 Å². The Morgan fingerprint density at radius 3 is 2.74 bits per heavy atom. The first-order chi connectivity index (χ1) is 11.2. The second-order valence-electron chi connectivity index (χ2n) is 6.61. The molecule has 2 aliphatic heterocycles. The molecule has 0 spiro atoms. The van der Waals surface area contributed by atoms with Crippen molar-refractivity contribution in [3.8, 4) is 5.75 Å². The zero-order chi connectivity index (χ0) is 16.2. The zero-order valence-electron chi connectivity index (χ0n) is 14.2. The van der Waals surface area contributed by atoms with Crippen LogP contribution in [0, 0.1) is 6.92 Å². The standard InChI is InChI=1S/C18H27N3O2/c1-14-12-15(7-8-17(14)23-2)19-18(22)21-11-5-6-16(21)13-20-9-3-4-10-20/h7-8,12,16H,3-6,9-11,13H2,1-2H3,(H,19,22)/t16-/m1/s1. The molecule has 126 valence electrons. The maximum atomic E-state index is 12.6. The van der Waals surface area contributed by atoms with Crippen LogP contribution in [-0.4, -0.2) is 55.2 Å². The highest BCUT2D eigenvalue weighted by molar-refractivity contribution is 5.90. The summed E-state index contributed by atoms with van der Waals surface area (Å²) in [5.41, 5.74) is 1.86. The molecule has 2 saturated heterocycles. The lowest BCUT2D eigenvalue weighted by Gasteiger charge is -2.28. The van der Waals surface area contributed by atoms with Crippen LogP contribution in [0.15, 0.2) is 18.2 Å². The average Bonchev–Trinajstić information content (AvgIpc) is 3.19. The maximum Gasteiger partial charge on any atom is 0.322 e. The summed E-state index contributed by atoms with van der Waals surface area (Å²) < 4.78 is 5.27. The van der Waals surface area contributed by atoms with E-state index in [0.29, 0.717) is 6.04 Å². The number of anilines is 1. The van der Waals surface area contributed by atoms with Crippen LogP contribution in [0.5, 0.6) is 5.75 Å². The molecule has 0 unspecified atom stereocenters. The number of rotatable bonds is 4. The van der Waals surface area contributed by atoms with E-state index in [0.717, 1.165) is 42.9 Å². The van der Waals surface area contributed by atoms with Gasteiger partial charge in [-0.3, -0.25) is 0 Å². The van der Waals surface area contributed by atoms with E-state index in [1.807, 2.05) is 30.0 Å². The van der Waals surface area contributed by atoms with Gasteiger partial charge in [0, 0.05) is 24.8 Å². The Kier molecular flexibility index (Phi) is 5.06. The molecule has 1 aromatic rings. The minimum atomic E-state index is 0.0243. The Morgan fingerprint density at radius 2 is 2.04 bits per heavy atom. The summed E-state index contributed by atoms with van der Waals surface area (Å²) in [5.74, 6) is 0.844. The number of carbonyl (C=O) groups is 1. The third-order valence-corrected chi connectivity index (χ3v) is 4.95. The number of benzene rings is 1. The molecule has 2 amide bonds. The van der Waals surface area contributed by atoms with Crippen LogP contribution in [-0.2, 0) is 0 Å². The van der Waals surface area contributed by atoms with E-state index >= 15 is 0 Å². The Morgan fingerprint density at radius 1 is 1.26 bits per heavy atom. The van der Waals surface area contributed by atoms with E-state index in [9.17, 15) is 4.79 Å². The third-order valence-electron chi connectivity index (χ3n) is 4.95. The molecule has 5 nitrogen and oxygen atoms in total. The fraction of sp³-hybridized carbons (Fsp3) is 0.611. The number of carbonyl (C=O) groups excluding carboxylic acids is 1. The van der Waals surface area contributed by atoms with Crippen molar-refractivity contribution >= 4 is 11.7 Å². The molecule has 3 rings (SSSR count). The Balaban J connectivity index is 1.61. The van der Waals surface area contributed by atoms with Gasteiger partial charge in [-0.2, -0.15) is 0 Å². The predicted molar refractivity (Wildman–Crippen MR) is 92.2 cm³/mol. The Bertz CT molecular complexity index is 555. The fourth-order valence-corrected chi connectivity index (χ4v) is 3.71. The van der Waals surface area contributed by atoms with Gasteiger partial charge in [-0.25, -0.2) is 4.79 Å². The first-order valence-electron chi connectivity index (χ1n) is 8.62. The van der Waals surface area contributed by atoms with Crippen molar-refractivity contribution < 1.29 is 9.53 Å². The number of nitrogens with one attached hydrogen (secondary N) is 1. The van der Waals surface area contributed by atoms with Crippen molar-refractivity contribution in [1.82, 2.24) is 9.80 Å². The first-order valence-corrected chi connectivity index (χ1v) is 8.62. The van der Waals surface area contributed by atoms with Gasteiger partial charge in [0.15, 0.2) is 0 Å². The van der Waals surface area contributed by atoms with Gasteiger partial charge in [0.25, 0.3) is 0 Å². The number of methoxy groups -OCH3 is 1. The van der Waals surface area contributed by atoms with E-state index in [1.54, 1.807) is 7.11 Å². The summed E-state index contributed by atoms with van der Waals surface area (Å²) in [6.45, 7) is 6.24. The van der Waals surface area contributed by atoms with E-state index in [4.69, 9.17) is 4.74 Å². The summed E-state index contributed by atoms with van der Waals surface area (Å²) in [4.78, 5) is 17.1. The molecular formula is C18H27N3O2. The largest absolute Gasteiger partial charge is 0.496 e. The van der Waals surface area contributed by atoms with Gasteiger partial charge in [-0.1, -0.05) is 0 Å². The molecule has 2 heterocycles. The van der Waals surface area contributed by atoms with Crippen LogP contribution in [0.4, 0.5) is 10.5 Å². The minimum absolute atomic E-state index is 0.0243. The quantitative estimate of drug-likeness (QED) is 0.928. The molecule has 5 heteroatoms. The Labute approximate surface area is 138 Å². The van der Waals surface area contributed by atoms with E-state index in [-0.39, 0.29) is 6.03 Å². The van der Waals surface area contributed by atoms with E-state index in [1.165, 1.54) is 25.9 Å². The summed E-state index contributed by atoms with van der Waals surface area (Å²) in [6.07, 6.45) is 4.81. The fourth-order valence-electron chi connectivity index (χ4n) is 3.71. The minimum Gasteiger partial charge on any atom is -0.496 e. The molecule has 0 saturated carbocycles. The van der Waals surface area contributed by atoms with E-state index in [2.05, 4.69) is 10.2 Å². The predicted octanol–water partition coefficient (Wildman–Crippen LogP) is 3.10. The normalized spacial score (nSPS) is 21.7. The van der Waals surface area contributed by atoms with Gasteiger partial charge >= 0.3 is 6.03 Å². The highest BCUT2D eigenvalue weighted by Crippen LogP contribution is 2.24. The van der Waals surface area contributed by atoms with Crippen molar-refractivity contribution in [2.45, 2.75) is 38.6 Å². The van der Waals surface area contributed by atoms with Crippen LogP contribution in [0.3, 0.4) is 0 Å². The number of nitrogens with zero attached hydrogens (tertiary/aromatic N) is 2. The number of urea groups is 1. The van der Waals surface area contributed by atoms with Gasteiger partial charge in [-0.05, 0) is 69.5 Å². The molecule has 1 N–H and O–H groups in total. The smallest absolute Gasteiger partial charge is 0.322 e. The molecule has 1 atom stereocenters. The van der Waals surface area contributed by atoms with Gasteiger partial charge < -0.3 is 19.9 Å². The average molecular weight is 317 g/mol. The van der Waals surface area contributed by atoms with Crippen molar-refractivity contribution in [3.63, 3.8) is 0 Å². The molecule has 0 aliphatic carbocycles. The molecule has 2 aliphatic rings. The molecule has 0 aromatic heterocycles. The molecule has 0 radical (unpaired) electrons. The molecule has 1 aromatic carbocycles. The number of hydrogen-bond acceptors (Lipinski definition) is 3. The van der Waals surface area contributed by atoms with Crippen molar-refractivity contribution in [3.05, 3.63) is 23.8 Å². The summed E-state index contributed by atoms with van der Waals surface area (Å²) in [7, 11) is 1.66. The monoisotopic (exact) mass is 317 g/mol. The second-order valence-corrected chi connectivity index (χ2v) is 6.61.